The average molecular weight is 242 g/mol. The zero-order chi connectivity index (χ0) is 12.0. The summed E-state index contributed by atoms with van der Waals surface area (Å²) in [5, 5.41) is 4.08. The molecule has 3 heteroatoms. The fourth-order valence-electron chi connectivity index (χ4n) is 1.29. The van der Waals surface area contributed by atoms with Crippen LogP contribution in [0.5, 0.6) is 0 Å². The summed E-state index contributed by atoms with van der Waals surface area (Å²) < 4.78 is 5.48. The van der Waals surface area contributed by atoms with E-state index < -0.39 is 0 Å². The van der Waals surface area contributed by atoms with Crippen molar-refractivity contribution in [3.63, 3.8) is 0 Å². The van der Waals surface area contributed by atoms with Gasteiger partial charge >= 0.3 is 0 Å². The molecular weight excluding hydrogens is 222 g/mol. The molecule has 0 fully saturated rings. The highest BCUT2D eigenvalue weighted by Crippen LogP contribution is 2.19. The highest BCUT2D eigenvalue weighted by Gasteiger charge is 1.97. The van der Waals surface area contributed by atoms with E-state index in [0.717, 1.165) is 36.0 Å². The summed E-state index contributed by atoms with van der Waals surface area (Å²) in [4.78, 5) is 0. The summed E-state index contributed by atoms with van der Waals surface area (Å²) >= 11 is 6.02. The van der Waals surface area contributed by atoms with Crippen molar-refractivity contribution in [2.24, 2.45) is 5.92 Å². The number of ether oxygens (including phenoxy) is 1. The van der Waals surface area contributed by atoms with Crippen molar-refractivity contribution in [2.45, 2.75) is 20.8 Å². The van der Waals surface area contributed by atoms with E-state index in [-0.39, 0.29) is 0 Å². The fraction of sp³-hybridized carbons (Fsp3) is 0.538. The molecule has 0 unspecified atom stereocenters. The first-order valence-electron chi connectivity index (χ1n) is 5.67. The SMILES string of the molecule is Cc1ccc(NCCOCC(C)C)cc1Cl. The number of hydrogen-bond donors (Lipinski definition) is 1. The molecule has 0 amide bonds. The van der Waals surface area contributed by atoms with E-state index in [1.165, 1.54) is 0 Å². The summed E-state index contributed by atoms with van der Waals surface area (Å²) in [5.74, 6) is 0.591. The van der Waals surface area contributed by atoms with Gasteiger partial charge in [-0.15, -0.1) is 0 Å². The van der Waals surface area contributed by atoms with E-state index in [9.17, 15) is 0 Å². The van der Waals surface area contributed by atoms with Crippen molar-refractivity contribution >= 4 is 17.3 Å². The summed E-state index contributed by atoms with van der Waals surface area (Å²) in [6.07, 6.45) is 0. The Morgan fingerprint density at radius 2 is 2.12 bits per heavy atom. The quantitative estimate of drug-likeness (QED) is 0.767. The van der Waals surface area contributed by atoms with Crippen LogP contribution in [0, 0.1) is 12.8 Å². The monoisotopic (exact) mass is 241 g/mol. The van der Waals surface area contributed by atoms with Gasteiger partial charge in [0.25, 0.3) is 0 Å². The largest absolute Gasteiger partial charge is 0.383 e. The zero-order valence-corrected chi connectivity index (χ0v) is 11.0. The molecule has 0 aromatic heterocycles. The number of anilines is 1. The van der Waals surface area contributed by atoms with Gasteiger partial charge in [0.05, 0.1) is 6.61 Å². The smallest absolute Gasteiger partial charge is 0.0639 e. The molecule has 0 aliphatic carbocycles. The maximum absolute atomic E-state index is 6.02. The summed E-state index contributed by atoms with van der Waals surface area (Å²) in [7, 11) is 0. The van der Waals surface area contributed by atoms with Crippen molar-refractivity contribution < 1.29 is 4.74 Å². The molecule has 90 valence electrons. The lowest BCUT2D eigenvalue weighted by Gasteiger charge is -2.09. The summed E-state index contributed by atoms with van der Waals surface area (Å²) in [6.45, 7) is 8.64. The van der Waals surface area contributed by atoms with Gasteiger partial charge in [-0.2, -0.15) is 0 Å². The van der Waals surface area contributed by atoms with Crippen LogP contribution in [0.4, 0.5) is 5.69 Å². The maximum atomic E-state index is 6.02. The highest BCUT2D eigenvalue weighted by molar-refractivity contribution is 6.31. The first kappa shape index (κ1) is 13.3. The molecule has 0 radical (unpaired) electrons. The lowest BCUT2D eigenvalue weighted by atomic mass is 10.2. The third-order valence-electron chi connectivity index (χ3n) is 2.20. The van der Waals surface area contributed by atoms with Crippen LogP contribution >= 0.6 is 11.6 Å². The Bertz CT molecular complexity index is 326. The maximum Gasteiger partial charge on any atom is 0.0639 e. The molecule has 0 aliphatic heterocycles. The molecule has 0 saturated carbocycles. The van der Waals surface area contributed by atoms with Crippen LogP contribution < -0.4 is 5.32 Å². The standard InChI is InChI=1S/C13H20ClNO/c1-10(2)9-16-7-6-15-12-5-4-11(3)13(14)8-12/h4-5,8,10,15H,6-7,9H2,1-3H3. The minimum atomic E-state index is 0.591. The average Bonchev–Trinajstić information content (AvgIpc) is 2.22. The van der Waals surface area contributed by atoms with Gasteiger partial charge in [0, 0.05) is 23.9 Å². The Morgan fingerprint density at radius 3 is 2.75 bits per heavy atom. The van der Waals surface area contributed by atoms with Gasteiger partial charge in [0.1, 0.15) is 0 Å². The second kappa shape index (κ2) is 6.77. The van der Waals surface area contributed by atoms with Crippen molar-refractivity contribution in [1.29, 1.82) is 0 Å². The van der Waals surface area contributed by atoms with Gasteiger partial charge in [0.2, 0.25) is 0 Å². The molecular formula is C13H20ClNO. The minimum absolute atomic E-state index is 0.591. The van der Waals surface area contributed by atoms with Gasteiger partial charge in [0.15, 0.2) is 0 Å². The van der Waals surface area contributed by atoms with Crippen molar-refractivity contribution in [1.82, 2.24) is 0 Å². The Labute approximate surface area is 103 Å². The Hall–Kier alpha value is -0.730. The molecule has 1 aromatic rings. The number of halogens is 1. The zero-order valence-electron chi connectivity index (χ0n) is 10.2. The number of benzene rings is 1. The molecule has 16 heavy (non-hydrogen) atoms. The van der Waals surface area contributed by atoms with Crippen LogP contribution in [0.25, 0.3) is 0 Å². The third kappa shape index (κ3) is 4.86. The molecule has 1 aromatic carbocycles. The van der Waals surface area contributed by atoms with Crippen LogP contribution in [0.1, 0.15) is 19.4 Å². The molecule has 0 saturated heterocycles. The number of rotatable bonds is 6. The van der Waals surface area contributed by atoms with Crippen LogP contribution in [-0.2, 0) is 4.74 Å². The van der Waals surface area contributed by atoms with Crippen molar-refractivity contribution in [2.75, 3.05) is 25.1 Å². The molecule has 0 spiro atoms. The van der Waals surface area contributed by atoms with E-state index in [1.807, 2.05) is 25.1 Å². The highest BCUT2D eigenvalue weighted by atomic mass is 35.5. The van der Waals surface area contributed by atoms with Crippen molar-refractivity contribution in [3.05, 3.63) is 28.8 Å². The molecule has 0 heterocycles. The van der Waals surface area contributed by atoms with Crippen LogP contribution in [0.3, 0.4) is 0 Å². The van der Waals surface area contributed by atoms with Gasteiger partial charge in [-0.1, -0.05) is 31.5 Å². The molecule has 1 rings (SSSR count). The third-order valence-corrected chi connectivity index (χ3v) is 2.61. The van der Waals surface area contributed by atoms with Gasteiger partial charge in [-0.3, -0.25) is 0 Å². The lowest BCUT2D eigenvalue weighted by molar-refractivity contribution is 0.118. The van der Waals surface area contributed by atoms with E-state index in [1.54, 1.807) is 0 Å². The lowest BCUT2D eigenvalue weighted by Crippen LogP contribution is -2.12. The Morgan fingerprint density at radius 1 is 1.38 bits per heavy atom. The molecule has 0 bridgehead atoms. The van der Waals surface area contributed by atoms with E-state index >= 15 is 0 Å². The summed E-state index contributed by atoms with van der Waals surface area (Å²) in [5.41, 5.74) is 2.15. The van der Waals surface area contributed by atoms with Gasteiger partial charge in [-0.05, 0) is 30.5 Å². The molecule has 0 aliphatic rings. The van der Waals surface area contributed by atoms with Crippen LogP contribution in [-0.4, -0.2) is 19.8 Å². The molecule has 1 N–H and O–H groups in total. The predicted octanol–water partition coefficient (Wildman–Crippen LogP) is 3.73. The van der Waals surface area contributed by atoms with E-state index in [0.29, 0.717) is 5.92 Å². The second-order valence-electron chi connectivity index (χ2n) is 4.36. The Kier molecular flexibility index (Phi) is 5.64. The first-order chi connectivity index (χ1) is 7.59. The number of nitrogens with one attached hydrogen (secondary N) is 1. The van der Waals surface area contributed by atoms with Gasteiger partial charge in [-0.25, -0.2) is 0 Å². The second-order valence-corrected chi connectivity index (χ2v) is 4.77. The molecule has 2 nitrogen and oxygen atoms in total. The van der Waals surface area contributed by atoms with Crippen LogP contribution in [0.15, 0.2) is 18.2 Å². The molecule has 0 atom stereocenters. The fourth-order valence-corrected chi connectivity index (χ4v) is 1.47. The predicted molar refractivity (Wildman–Crippen MR) is 70.3 cm³/mol. The number of hydrogen-bond acceptors (Lipinski definition) is 2. The topological polar surface area (TPSA) is 21.3 Å². The Balaban J connectivity index is 2.24. The van der Waals surface area contributed by atoms with E-state index in [4.69, 9.17) is 16.3 Å². The van der Waals surface area contributed by atoms with Crippen LogP contribution in [0.2, 0.25) is 5.02 Å². The summed E-state index contributed by atoms with van der Waals surface area (Å²) in [6, 6.07) is 5.99. The minimum Gasteiger partial charge on any atom is -0.383 e. The first-order valence-corrected chi connectivity index (χ1v) is 6.05. The normalized spacial score (nSPS) is 10.8. The van der Waals surface area contributed by atoms with Gasteiger partial charge < -0.3 is 10.1 Å². The number of aryl methyl sites for hydroxylation is 1. The van der Waals surface area contributed by atoms with E-state index in [2.05, 4.69) is 19.2 Å². The van der Waals surface area contributed by atoms with Crippen molar-refractivity contribution in [3.8, 4) is 0 Å².